The van der Waals surface area contributed by atoms with Crippen LogP contribution < -0.4 is 0 Å². The Morgan fingerprint density at radius 1 is 1.36 bits per heavy atom. The van der Waals surface area contributed by atoms with Crippen molar-refractivity contribution in [3.05, 3.63) is 35.4 Å². The molecule has 0 aromatic heterocycles. The molecule has 2 N–H and O–H groups in total. The van der Waals surface area contributed by atoms with Crippen molar-refractivity contribution < 1.29 is 19.7 Å². The molecule has 0 amide bonds. The van der Waals surface area contributed by atoms with Crippen molar-refractivity contribution in [2.75, 3.05) is 13.2 Å². The van der Waals surface area contributed by atoms with Crippen molar-refractivity contribution in [2.24, 2.45) is 17.3 Å². The van der Waals surface area contributed by atoms with E-state index >= 15 is 0 Å². The fraction of sp³-hybridized carbons (Fsp3) is 0.611. The van der Waals surface area contributed by atoms with Gasteiger partial charge in [0, 0.05) is 6.61 Å². The second-order valence-electron chi connectivity index (χ2n) is 6.77. The fourth-order valence-electron chi connectivity index (χ4n) is 4.75. The SMILES string of the molecule is CCOC(=O)[C@@H]1[C@@H](O)c2ccccc2[C@H]2[C@H](CO)CC[C@]12C. The number of benzene rings is 1. The Morgan fingerprint density at radius 3 is 2.68 bits per heavy atom. The standard InChI is InChI=1S/C18H24O4/c1-3-22-17(21)15-16(20)13-7-5-4-6-12(13)14-11(10-19)8-9-18(14,15)2/h4-7,11,14-16,19-20H,3,8-10H2,1-2H3/t11-,14+,15-,16-,18-/m0/s1. The number of rotatable bonds is 3. The van der Waals surface area contributed by atoms with E-state index < -0.39 is 12.0 Å². The Labute approximate surface area is 131 Å². The number of hydrogen-bond acceptors (Lipinski definition) is 4. The zero-order valence-electron chi connectivity index (χ0n) is 13.2. The first-order valence-electron chi connectivity index (χ1n) is 8.09. The molecule has 22 heavy (non-hydrogen) atoms. The molecule has 3 rings (SSSR count). The minimum Gasteiger partial charge on any atom is -0.466 e. The van der Waals surface area contributed by atoms with E-state index in [2.05, 4.69) is 6.92 Å². The fourth-order valence-corrected chi connectivity index (χ4v) is 4.75. The summed E-state index contributed by atoms with van der Waals surface area (Å²) < 4.78 is 5.25. The van der Waals surface area contributed by atoms with Gasteiger partial charge >= 0.3 is 5.97 Å². The van der Waals surface area contributed by atoms with Gasteiger partial charge in [0.25, 0.3) is 0 Å². The van der Waals surface area contributed by atoms with E-state index in [4.69, 9.17) is 4.74 Å². The topological polar surface area (TPSA) is 66.8 Å². The molecular formula is C18H24O4. The van der Waals surface area contributed by atoms with E-state index in [0.29, 0.717) is 6.61 Å². The van der Waals surface area contributed by atoms with Crippen molar-refractivity contribution in [1.82, 2.24) is 0 Å². The molecule has 2 aliphatic rings. The number of carbonyl (C=O) groups is 1. The van der Waals surface area contributed by atoms with Crippen molar-refractivity contribution in [3.8, 4) is 0 Å². The molecule has 120 valence electrons. The molecule has 0 radical (unpaired) electrons. The van der Waals surface area contributed by atoms with Gasteiger partial charge in [-0.2, -0.15) is 0 Å². The molecule has 4 nitrogen and oxygen atoms in total. The summed E-state index contributed by atoms with van der Waals surface area (Å²) in [4.78, 5) is 12.5. The van der Waals surface area contributed by atoms with E-state index in [1.54, 1.807) is 6.92 Å². The summed E-state index contributed by atoms with van der Waals surface area (Å²) in [6.45, 7) is 4.27. The number of aliphatic hydroxyl groups excluding tert-OH is 2. The predicted octanol–water partition coefficient (Wildman–Crippen LogP) is 2.41. The zero-order valence-corrected chi connectivity index (χ0v) is 13.2. The van der Waals surface area contributed by atoms with Gasteiger partial charge in [-0.25, -0.2) is 0 Å². The lowest BCUT2D eigenvalue weighted by molar-refractivity contribution is -0.161. The molecule has 5 atom stereocenters. The number of carbonyl (C=O) groups excluding carboxylic acids is 1. The lowest BCUT2D eigenvalue weighted by Gasteiger charge is -2.47. The first kappa shape index (κ1) is 15.5. The van der Waals surface area contributed by atoms with E-state index in [0.717, 1.165) is 24.0 Å². The third-order valence-electron chi connectivity index (χ3n) is 5.69. The molecule has 0 bridgehead atoms. The summed E-state index contributed by atoms with van der Waals surface area (Å²) in [7, 11) is 0. The monoisotopic (exact) mass is 304 g/mol. The average Bonchev–Trinajstić information content (AvgIpc) is 2.85. The maximum atomic E-state index is 12.5. The van der Waals surface area contributed by atoms with Gasteiger partial charge < -0.3 is 14.9 Å². The summed E-state index contributed by atoms with van der Waals surface area (Å²) >= 11 is 0. The number of ether oxygens (including phenoxy) is 1. The van der Waals surface area contributed by atoms with Gasteiger partial charge in [-0.05, 0) is 48.1 Å². The molecule has 0 saturated heterocycles. The molecule has 0 aliphatic heterocycles. The van der Waals surface area contributed by atoms with Crippen LogP contribution in [0.2, 0.25) is 0 Å². The first-order chi connectivity index (χ1) is 10.5. The Hall–Kier alpha value is -1.39. The van der Waals surface area contributed by atoms with E-state index in [1.807, 2.05) is 24.3 Å². The van der Waals surface area contributed by atoms with Gasteiger partial charge in [0.15, 0.2) is 0 Å². The number of fused-ring (bicyclic) bond motifs is 3. The second-order valence-corrected chi connectivity index (χ2v) is 6.77. The Morgan fingerprint density at radius 2 is 2.05 bits per heavy atom. The molecule has 4 heteroatoms. The van der Waals surface area contributed by atoms with Gasteiger partial charge in [0.05, 0.1) is 18.6 Å². The summed E-state index contributed by atoms with van der Waals surface area (Å²) in [6, 6.07) is 7.76. The van der Waals surface area contributed by atoms with E-state index in [9.17, 15) is 15.0 Å². The maximum absolute atomic E-state index is 12.5. The number of hydrogen-bond donors (Lipinski definition) is 2. The number of aliphatic hydroxyl groups is 2. The highest BCUT2D eigenvalue weighted by Crippen LogP contribution is 2.63. The zero-order chi connectivity index (χ0) is 15.9. The Kier molecular flexibility index (Phi) is 4.00. The highest BCUT2D eigenvalue weighted by atomic mass is 16.5. The molecular weight excluding hydrogens is 280 g/mol. The third kappa shape index (κ3) is 2.09. The van der Waals surface area contributed by atoms with Crippen LogP contribution in [-0.2, 0) is 9.53 Å². The molecule has 2 aliphatic carbocycles. The number of esters is 1. The quantitative estimate of drug-likeness (QED) is 0.842. The van der Waals surface area contributed by atoms with Crippen LogP contribution in [0, 0.1) is 17.3 Å². The second kappa shape index (κ2) is 5.67. The van der Waals surface area contributed by atoms with E-state index in [1.165, 1.54) is 0 Å². The van der Waals surface area contributed by atoms with Crippen LogP contribution in [0.15, 0.2) is 24.3 Å². The maximum Gasteiger partial charge on any atom is 0.312 e. The smallest absolute Gasteiger partial charge is 0.312 e. The van der Waals surface area contributed by atoms with Crippen molar-refractivity contribution >= 4 is 5.97 Å². The van der Waals surface area contributed by atoms with Crippen LogP contribution in [0.5, 0.6) is 0 Å². The summed E-state index contributed by atoms with van der Waals surface area (Å²) in [5, 5.41) is 20.6. The average molecular weight is 304 g/mol. The minimum absolute atomic E-state index is 0.0894. The normalized spacial score (nSPS) is 36.5. The van der Waals surface area contributed by atoms with Crippen LogP contribution >= 0.6 is 0 Å². The van der Waals surface area contributed by atoms with Gasteiger partial charge in [0.2, 0.25) is 0 Å². The Bertz CT molecular complexity index is 570. The molecule has 0 unspecified atom stereocenters. The van der Waals surface area contributed by atoms with Crippen LogP contribution in [-0.4, -0.2) is 29.4 Å². The lowest BCUT2D eigenvalue weighted by Crippen LogP contribution is -2.45. The molecule has 1 saturated carbocycles. The van der Waals surface area contributed by atoms with Crippen molar-refractivity contribution in [2.45, 2.75) is 38.7 Å². The van der Waals surface area contributed by atoms with Crippen LogP contribution in [0.1, 0.15) is 49.8 Å². The van der Waals surface area contributed by atoms with Gasteiger partial charge in [0.1, 0.15) is 0 Å². The Balaban J connectivity index is 2.13. The summed E-state index contributed by atoms with van der Waals surface area (Å²) in [5.74, 6) is -0.665. The van der Waals surface area contributed by atoms with Crippen LogP contribution in [0.4, 0.5) is 0 Å². The predicted molar refractivity (Wildman–Crippen MR) is 82.2 cm³/mol. The largest absolute Gasteiger partial charge is 0.466 e. The molecule has 0 heterocycles. The highest BCUT2D eigenvalue weighted by Gasteiger charge is 2.58. The van der Waals surface area contributed by atoms with Crippen molar-refractivity contribution in [3.63, 3.8) is 0 Å². The third-order valence-corrected chi connectivity index (χ3v) is 5.69. The van der Waals surface area contributed by atoms with Gasteiger partial charge in [-0.1, -0.05) is 31.2 Å². The molecule has 1 fully saturated rings. The van der Waals surface area contributed by atoms with Crippen LogP contribution in [0.3, 0.4) is 0 Å². The van der Waals surface area contributed by atoms with E-state index in [-0.39, 0.29) is 29.8 Å². The van der Waals surface area contributed by atoms with Gasteiger partial charge in [-0.15, -0.1) is 0 Å². The van der Waals surface area contributed by atoms with Crippen molar-refractivity contribution in [1.29, 1.82) is 0 Å². The highest BCUT2D eigenvalue weighted by molar-refractivity contribution is 5.76. The molecule has 1 aromatic carbocycles. The minimum atomic E-state index is -0.839. The summed E-state index contributed by atoms with van der Waals surface area (Å²) in [5.41, 5.74) is 1.52. The van der Waals surface area contributed by atoms with Gasteiger partial charge in [-0.3, -0.25) is 4.79 Å². The first-order valence-corrected chi connectivity index (χ1v) is 8.09. The molecule has 0 spiro atoms. The lowest BCUT2D eigenvalue weighted by atomic mass is 9.58. The van der Waals surface area contributed by atoms with Crippen LogP contribution in [0.25, 0.3) is 0 Å². The summed E-state index contributed by atoms with van der Waals surface area (Å²) in [6.07, 6.45) is 0.848. The molecule has 1 aromatic rings.